The van der Waals surface area contributed by atoms with Crippen molar-refractivity contribution in [3.8, 4) is 0 Å². The second-order valence-corrected chi connectivity index (χ2v) is 3.54. The van der Waals surface area contributed by atoms with E-state index in [1.54, 1.807) is 18.6 Å². The average Bonchev–Trinajstić information content (AvgIpc) is 2.18. The summed E-state index contributed by atoms with van der Waals surface area (Å²) < 4.78 is 0. The Morgan fingerprint density at radius 3 is 2.86 bits per heavy atom. The van der Waals surface area contributed by atoms with Gasteiger partial charge in [0.25, 0.3) is 0 Å². The Labute approximate surface area is 85.3 Å². The molecule has 0 aromatic carbocycles. The minimum atomic E-state index is 0.249. The van der Waals surface area contributed by atoms with Crippen molar-refractivity contribution in [2.24, 2.45) is 0 Å². The fourth-order valence-electron chi connectivity index (χ4n) is 1.08. The summed E-state index contributed by atoms with van der Waals surface area (Å²) in [6.45, 7) is 7.15. The van der Waals surface area contributed by atoms with Crippen LogP contribution in [0.2, 0.25) is 0 Å². The summed E-state index contributed by atoms with van der Waals surface area (Å²) in [6, 6.07) is 0.249. The maximum atomic E-state index is 4.23. The summed E-state index contributed by atoms with van der Waals surface area (Å²) in [4.78, 5) is 8.26. The number of nitrogens with one attached hydrogen (secondary N) is 1. The number of nitrogens with zero attached hydrogens (tertiary/aromatic N) is 2. The van der Waals surface area contributed by atoms with Gasteiger partial charge in [0.1, 0.15) is 0 Å². The van der Waals surface area contributed by atoms with Crippen LogP contribution in [0.25, 0.3) is 0 Å². The summed E-state index contributed by atoms with van der Waals surface area (Å²) in [5.74, 6) is 0. The molecule has 0 fully saturated rings. The van der Waals surface area contributed by atoms with Gasteiger partial charge in [0, 0.05) is 31.2 Å². The van der Waals surface area contributed by atoms with E-state index in [1.165, 1.54) is 5.57 Å². The van der Waals surface area contributed by atoms with Gasteiger partial charge in [-0.15, -0.1) is 0 Å². The van der Waals surface area contributed by atoms with Gasteiger partial charge in [-0.2, -0.15) is 0 Å². The van der Waals surface area contributed by atoms with Crippen LogP contribution in [0.15, 0.2) is 30.2 Å². The van der Waals surface area contributed by atoms with Crippen molar-refractivity contribution in [1.82, 2.24) is 15.3 Å². The van der Waals surface area contributed by atoms with E-state index in [0.717, 1.165) is 12.2 Å². The van der Waals surface area contributed by atoms with Crippen LogP contribution in [0, 0.1) is 0 Å². The molecule has 0 spiro atoms. The van der Waals surface area contributed by atoms with Crippen LogP contribution in [0.5, 0.6) is 0 Å². The molecule has 0 amide bonds. The highest BCUT2D eigenvalue weighted by atomic mass is 14.9. The molecule has 1 aromatic heterocycles. The van der Waals surface area contributed by atoms with E-state index in [1.807, 2.05) is 0 Å². The second-order valence-electron chi connectivity index (χ2n) is 3.54. The van der Waals surface area contributed by atoms with Gasteiger partial charge in [-0.05, 0) is 20.8 Å². The molecule has 0 saturated heterocycles. The summed E-state index contributed by atoms with van der Waals surface area (Å²) in [5, 5.41) is 3.35. The molecule has 0 saturated carbocycles. The molecule has 0 aliphatic rings. The quantitative estimate of drug-likeness (QED) is 0.740. The molecule has 1 heterocycles. The van der Waals surface area contributed by atoms with E-state index < -0.39 is 0 Å². The topological polar surface area (TPSA) is 37.8 Å². The lowest BCUT2D eigenvalue weighted by atomic mass is 10.2. The fourth-order valence-corrected chi connectivity index (χ4v) is 1.08. The highest BCUT2D eigenvalue weighted by Gasteiger charge is 2.03. The van der Waals surface area contributed by atoms with Crippen LogP contribution in [0.1, 0.15) is 32.5 Å². The SMILES string of the molecule is CC(C)=CCNC(C)c1cnccn1. The molecule has 1 unspecified atom stereocenters. The first-order valence-electron chi connectivity index (χ1n) is 4.83. The Balaban J connectivity index is 2.43. The first-order valence-corrected chi connectivity index (χ1v) is 4.83. The van der Waals surface area contributed by atoms with Gasteiger partial charge in [-0.25, -0.2) is 0 Å². The van der Waals surface area contributed by atoms with Crippen molar-refractivity contribution < 1.29 is 0 Å². The Bertz CT molecular complexity index is 289. The normalized spacial score (nSPS) is 12.2. The molecular formula is C11H17N3. The Morgan fingerprint density at radius 1 is 1.50 bits per heavy atom. The second kappa shape index (κ2) is 5.50. The smallest absolute Gasteiger partial charge is 0.0753 e. The standard InChI is InChI=1S/C11H17N3/c1-9(2)4-5-13-10(3)11-8-12-6-7-14-11/h4,6-8,10,13H,5H2,1-3H3. The monoisotopic (exact) mass is 191 g/mol. The van der Waals surface area contributed by atoms with Gasteiger partial charge in [0.15, 0.2) is 0 Å². The van der Waals surface area contributed by atoms with E-state index >= 15 is 0 Å². The van der Waals surface area contributed by atoms with E-state index in [2.05, 4.69) is 42.1 Å². The van der Waals surface area contributed by atoms with Gasteiger partial charge in [0.05, 0.1) is 5.69 Å². The number of aromatic nitrogens is 2. The maximum Gasteiger partial charge on any atom is 0.0753 e. The largest absolute Gasteiger partial charge is 0.305 e. The predicted molar refractivity (Wildman–Crippen MR) is 57.9 cm³/mol. The molecule has 3 heteroatoms. The molecule has 0 aliphatic heterocycles. The molecule has 0 radical (unpaired) electrons. The molecule has 3 nitrogen and oxygen atoms in total. The Morgan fingerprint density at radius 2 is 2.29 bits per heavy atom. The number of rotatable bonds is 4. The van der Waals surface area contributed by atoms with Gasteiger partial charge < -0.3 is 5.32 Å². The van der Waals surface area contributed by atoms with E-state index in [4.69, 9.17) is 0 Å². The molecule has 0 aliphatic carbocycles. The number of allylic oxidation sites excluding steroid dienone is 1. The molecule has 0 bridgehead atoms. The van der Waals surface area contributed by atoms with Crippen molar-refractivity contribution >= 4 is 0 Å². The minimum absolute atomic E-state index is 0.249. The summed E-state index contributed by atoms with van der Waals surface area (Å²) in [7, 11) is 0. The summed E-state index contributed by atoms with van der Waals surface area (Å²) >= 11 is 0. The summed E-state index contributed by atoms with van der Waals surface area (Å²) in [5.41, 5.74) is 2.30. The van der Waals surface area contributed by atoms with E-state index in [0.29, 0.717) is 0 Å². The lowest BCUT2D eigenvalue weighted by Crippen LogP contribution is -2.19. The molecule has 1 N–H and O–H groups in total. The van der Waals surface area contributed by atoms with Crippen LogP contribution in [0.3, 0.4) is 0 Å². The predicted octanol–water partition coefficient (Wildman–Crippen LogP) is 2.09. The highest BCUT2D eigenvalue weighted by molar-refractivity contribution is 5.02. The lowest BCUT2D eigenvalue weighted by Gasteiger charge is -2.10. The minimum Gasteiger partial charge on any atom is -0.305 e. The van der Waals surface area contributed by atoms with Crippen LogP contribution < -0.4 is 5.32 Å². The van der Waals surface area contributed by atoms with Crippen molar-refractivity contribution in [1.29, 1.82) is 0 Å². The molecule has 1 atom stereocenters. The number of hydrogen-bond acceptors (Lipinski definition) is 3. The van der Waals surface area contributed by atoms with Crippen LogP contribution >= 0.6 is 0 Å². The maximum absolute atomic E-state index is 4.23. The first-order chi connectivity index (χ1) is 6.70. The van der Waals surface area contributed by atoms with Gasteiger partial charge in [-0.3, -0.25) is 9.97 Å². The van der Waals surface area contributed by atoms with Crippen LogP contribution in [0.4, 0.5) is 0 Å². The van der Waals surface area contributed by atoms with Crippen LogP contribution in [-0.2, 0) is 0 Å². The zero-order valence-electron chi connectivity index (χ0n) is 8.99. The van der Waals surface area contributed by atoms with Gasteiger partial charge in [-0.1, -0.05) is 11.6 Å². The van der Waals surface area contributed by atoms with E-state index in [-0.39, 0.29) is 6.04 Å². The Kier molecular flexibility index (Phi) is 4.26. The van der Waals surface area contributed by atoms with Crippen molar-refractivity contribution in [2.45, 2.75) is 26.8 Å². The summed E-state index contributed by atoms with van der Waals surface area (Å²) in [6.07, 6.45) is 7.35. The number of hydrogen-bond donors (Lipinski definition) is 1. The third-order valence-corrected chi connectivity index (χ3v) is 1.96. The van der Waals surface area contributed by atoms with Gasteiger partial charge >= 0.3 is 0 Å². The van der Waals surface area contributed by atoms with Crippen LogP contribution in [-0.4, -0.2) is 16.5 Å². The van der Waals surface area contributed by atoms with Crippen molar-refractivity contribution in [3.05, 3.63) is 35.9 Å². The zero-order valence-corrected chi connectivity index (χ0v) is 8.99. The first kappa shape index (κ1) is 10.9. The zero-order chi connectivity index (χ0) is 10.4. The average molecular weight is 191 g/mol. The molecule has 1 aromatic rings. The Hall–Kier alpha value is -1.22. The molecule has 76 valence electrons. The lowest BCUT2D eigenvalue weighted by molar-refractivity contribution is 0.597. The molecular weight excluding hydrogens is 174 g/mol. The molecule has 14 heavy (non-hydrogen) atoms. The van der Waals surface area contributed by atoms with E-state index in [9.17, 15) is 0 Å². The third kappa shape index (κ3) is 3.66. The van der Waals surface area contributed by atoms with Crippen molar-refractivity contribution in [2.75, 3.05) is 6.54 Å². The highest BCUT2D eigenvalue weighted by Crippen LogP contribution is 2.05. The third-order valence-electron chi connectivity index (χ3n) is 1.96. The van der Waals surface area contributed by atoms with Gasteiger partial charge in [0.2, 0.25) is 0 Å². The molecule has 1 rings (SSSR count). The fraction of sp³-hybridized carbons (Fsp3) is 0.455. The van der Waals surface area contributed by atoms with Crippen molar-refractivity contribution in [3.63, 3.8) is 0 Å².